The molecule has 39 heavy (non-hydrogen) atoms. The van der Waals surface area contributed by atoms with Crippen LogP contribution >= 0.6 is 7.75 Å². The Morgan fingerprint density at radius 3 is 2.72 bits per heavy atom. The molecular weight excluding hydrogens is 531 g/mol. The van der Waals surface area contributed by atoms with Crippen molar-refractivity contribution >= 4 is 25.1 Å². The monoisotopic (exact) mass is 558 g/mol. The number of aromatic nitrogens is 3. The highest BCUT2D eigenvalue weighted by atomic mass is 31.2. The molecule has 2 saturated heterocycles. The third-order valence-corrected chi connectivity index (χ3v) is 7.98. The van der Waals surface area contributed by atoms with Gasteiger partial charge in [0.2, 0.25) is 5.60 Å². The smallest absolute Gasteiger partial charge is 0.459 e. The first-order valence-corrected chi connectivity index (χ1v) is 13.5. The van der Waals surface area contributed by atoms with E-state index in [-0.39, 0.29) is 11.6 Å². The number of nitrogens with zero attached hydrogens (tertiary/aromatic N) is 4. The highest BCUT2D eigenvalue weighted by Crippen LogP contribution is 2.53. The Morgan fingerprint density at radius 1 is 1.28 bits per heavy atom. The van der Waals surface area contributed by atoms with Gasteiger partial charge >= 0.3 is 13.7 Å². The Morgan fingerprint density at radius 2 is 2.03 bits per heavy atom. The van der Waals surface area contributed by atoms with E-state index in [2.05, 4.69) is 21.2 Å². The first-order valence-electron chi connectivity index (χ1n) is 12.0. The fourth-order valence-electron chi connectivity index (χ4n) is 4.57. The number of ether oxygens (including phenoxy) is 3. The predicted octanol–water partition coefficient (Wildman–Crippen LogP) is 2.43. The van der Waals surface area contributed by atoms with Gasteiger partial charge in [0.25, 0.3) is 0 Å². The molecule has 4 heterocycles. The molecule has 5 rings (SSSR count). The van der Waals surface area contributed by atoms with Crippen molar-refractivity contribution in [3.05, 3.63) is 54.5 Å². The molecule has 4 N–H and O–H groups in total. The van der Waals surface area contributed by atoms with E-state index in [1.807, 2.05) is 0 Å². The number of carbonyl (C=O) groups is 1. The number of hydrogen-bond donors (Lipinski definition) is 3. The van der Waals surface area contributed by atoms with Crippen molar-refractivity contribution in [2.24, 2.45) is 0 Å². The lowest BCUT2D eigenvalue weighted by atomic mass is 9.96. The van der Waals surface area contributed by atoms with Crippen molar-refractivity contribution in [1.29, 1.82) is 5.26 Å². The molecule has 2 aromatic heterocycles. The average Bonchev–Trinajstić information content (AvgIpc) is 3.54. The zero-order valence-electron chi connectivity index (χ0n) is 21.3. The van der Waals surface area contributed by atoms with Gasteiger partial charge in [0.15, 0.2) is 11.6 Å². The topological polar surface area (TPSA) is 193 Å². The molecule has 0 amide bonds. The van der Waals surface area contributed by atoms with Gasteiger partial charge < -0.3 is 29.6 Å². The number of carboxylic acid groups (broad SMARTS) is 1. The highest BCUT2D eigenvalue weighted by molar-refractivity contribution is 7.52. The van der Waals surface area contributed by atoms with Crippen molar-refractivity contribution in [3.63, 3.8) is 0 Å². The summed E-state index contributed by atoms with van der Waals surface area (Å²) in [7, 11) is -4.35. The minimum Gasteiger partial charge on any atom is -0.480 e. The van der Waals surface area contributed by atoms with Crippen molar-refractivity contribution in [2.45, 2.75) is 56.5 Å². The SMILES string of the molecule is CC(NP(=O)(OC[C@@]1(C#N)O[C@@H](c2ccc3c(N)ncnn23)[C@@H]2OC(C)(C)O[C@@H]21)Oc1ccccc1)C(=O)O. The summed E-state index contributed by atoms with van der Waals surface area (Å²) < 4.78 is 45.1. The second-order valence-corrected chi connectivity index (χ2v) is 11.3. The van der Waals surface area contributed by atoms with E-state index in [0.29, 0.717) is 11.2 Å². The zero-order valence-corrected chi connectivity index (χ0v) is 22.1. The molecule has 0 spiro atoms. The van der Waals surface area contributed by atoms with Crippen LogP contribution in [0.3, 0.4) is 0 Å². The summed E-state index contributed by atoms with van der Waals surface area (Å²) in [6.07, 6.45) is -1.33. The zero-order chi connectivity index (χ0) is 28.0. The molecule has 1 aromatic carbocycles. The summed E-state index contributed by atoms with van der Waals surface area (Å²) in [5.74, 6) is -1.94. The second-order valence-electron chi connectivity index (χ2n) is 9.63. The summed E-state index contributed by atoms with van der Waals surface area (Å²) in [5.41, 5.74) is 5.21. The molecule has 0 saturated carbocycles. The Kier molecular flexibility index (Phi) is 6.84. The van der Waals surface area contributed by atoms with Crippen LogP contribution < -0.4 is 15.3 Å². The minimum absolute atomic E-state index is 0.165. The number of fused-ring (bicyclic) bond motifs is 2. The normalized spacial score (nSPS) is 27.9. The van der Waals surface area contributed by atoms with Crippen LogP contribution in [-0.2, 0) is 28.1 Å². The minimum atomic E-state index is -4.35. The van der Waals surface area contributed by atoms with Crippen LogP contribution in [0.5, 0.6) is 5.75 Å². The van der Waals surface area contributed by atoms with Crippen molar-refractivity contribution in [2.75, 3.05) is 12.3 Å². The molecule has 2 aliphatic heterocycles. The van der Waals surface area contributed by atoms with Crippen LogP contribution in [0.15, 0.2) is 48.8 Å². The Labute approximate surface area is 223 Å². The summed E-state index contributed by atoms with van der Waals surface area (Å²) in [6.45, 7) is 4.07. The predicted molar refractivity (Wildman–Crippen MR) is 134 cm³/mol. The van der Waals surface area contributed by atoms with E-state index in [1.54, 1.807) is 44.2 Å². The number of aliphatic carboxylic acids is 1. The maximum atomic E-state index is 13.8. The molecule has 0 bridgehead atoms. The van der Waals surface area contributed by atoms with Crippen molar-refractivity contribution in [3.8, 4) is 11.8 Å². The van der Waals surface area contributed by atoms with Gasteiger partial charge in [0.05, 0.1) is 5.69 Å². The molecule has 15 heteroatoms. The molecule has 3 aromatic rings. The molecule has 2 fully saturated rings. The Bertz CT molecular complexity index is 1480. The first kappa shape index (κ1) is 27.0. The van der Waals surface area contributed by atoms with Crippen LogP contribution in [0.1, 0.15) is 32.6 Å². The maximum Gasteiger partial charge on any atom is 0.459 e. The molecule has 2 unspecified atom stereocenters. The summed E-state index contributed by atoms with van der Waals surface area (Å²) in [4.78, 5) is 15.5. The first-order chi connectivity index (χ1) is 18.5. The fraction of sp³-hybridized carbons (Fsp3) is 0.417. The third-order valence-electron chi connectivity index (χ3n) is 6.36. The van der Waals surface area contributed by atoms with Gasteiger partial charge in [0, 0.05) is 0 Å². The molecule has 0 radical (unpaired) electrons. The van der Waals surface area contributed by atoms with E-state index >= 15 is 0 Å². The lowest BCUT2D eigenvalue weighted by Crippen LogP contribution is -2.46. The number of nitrogen functional groups attached to an aromatic ring is 1. The van der Waals surface area contributed by atoms with Crippen LogP contribution in [-0.4, -0.2) is 61.9 Å². The molecule has 6 atom stereocenters. The third kappa shape index (κ3) is 5.08. The average molecular weight is 558 g/mol. The van der Waals surface area contributed by atoms with Crippen LogP contribution in [0, 0.1) is 11.3 Å². The van der Waals surface area contributed by atoms with E-state index in [9.17, 15) is 19.7 Å². The molecule has 14 nitrogen and oxygen atoms in total. The summed E-state index contributed by atoms with van der Waals surface area (Å²) in [5, 5.41) is 26.4. The van der Waals surface area contributed by atoms with E-state index in [4.69, 9.17) is 29.0 Å². The number of nitrogens with two attached hydrogens (primary N) is 1. The molecule has 0 aliphatic carbocycles. The van der Waals surface area contributed by atoms with Gasteiger partial charge in [-0.25, -0.2) is 14.1 Å². The number of nitriles is 1. The Hall–Kier alpha value is -3.57. The quantitative estimate of drug-likeness (QED) is 0.325. The van der Waals surface area contributed by atoms with E-state index in [0.717, 1.165) is 0 Å². The maximum absolute atomic E-state index is 13.8. The molecular formula is C24H27N6O8P. The molecule has 206 valence electrons. The highest BCUT2D eigenvalue weighted by Gasteiger charge is 2.65. The standard InChI is InChI=1S/C24H27N6O8P/c1-14(22(31)32)29-39(33,38-15-7-5-4-6-8-15)34-12-24(11-25)20-19(35-23(2,3)37-20)18(36-24)16-9-10-17-21(26)27-13-28-30(16)17/h4-10,13-14,18-20H,12H2,1-3H3,(H,29,33)(H,31,32)(H2,26,27,28)/t14?,18-,19-,20-,24+,39?/m0/s1. The number of rotatable bonds is 9. The lowest BCUT2D eigenvalue weighted by Gasteiger charge is -2.30. The molecule has 2 aliphatic rings. The van der Waals surface area contributed by atoms with Crippen molar-refractivity contribution in [1.82, 2.24) is 19.7 Å². The number of anilines is 1. The number of carboxylic acids is 1. The number of nitrogens with one attached hydrogen (secondary N) is 1. The summed E-state index contributed by atoms with van der Waals surface area (Å²) >= 11 is 0. The number of para-hydroxylation sites is 1. The van der Waals surface area contributed by atoms with Crippen LogP contribution in [0.2, 0.25) is 0 Å². The lowest BCUT2D eigenvalue weighted by molar-refractivity contribution is -0.204. The number of benzene rings is 1. The summed E-state index contributed by atoms with van der Waals surface area (Å²) in [6, 6.07) is 12.3. The largest absolute Gasteiger partial charge is 0.480 e. The second kappa shape index (κ2) is 9.87. The van der Waals surface area contributed by atoms with E-state index < -0.39 is 56.1 Å². The van der Waals surface area contributed by atoms with Crippen LogP contribution in [0.25, 0.3) is 5.52 Å². The van der Waals surface area contributed by atoms with Gasteiger partial charge in [-0.05, 0) is 45.0 Å². The van der Waals surface area contributed by atoms with Gasteiger partial charge in [0.1, 0.15) is 54.6 Å². The van der Waals surface area contributed by atoms with Gasteiger partial charge in [-0.3, -0.25) is 9.32 Å². The van der Waals surface area contributed by atoms with Gasteiger partial charge in [-0.15, -0.1) is 0 Å². The fourth-order valence-corrected chi connectivity index (χ4v) is 6.10. The Balaban J connectivity index is 1.48. The van der Waals surface area contributed by atoms with E-state index in [1.165, 1.54) is 29.9 Å². The van der Waals surface area contributed by atoms with Crippen LogP contribution in [0.4, 0.5) is 5.82 Å². The van der Waals surface area contributed by atoms with Gasteiger partial charge in [-0.1, -0.05) is 18.2 Å². The van der Waals surface area contributed by atoms with Gasteiger partial charge in [-0.2, -0.15) is 15.4 Å². The van der Waals surface area contributed by atoms with Crippen molar-refractivity contribution < 1.29 is 37.7 Å². The number of hydrogen-bond acceptors (Lipinski definition) is 11.